The monoisotopic (exact) mass is 473 g/mol. The van der Waals surface area contributed by atoms with E-state index in [0.29, 0.717) is 55.0 Å². The first-order valence-corrected chi connectivity index (χ1v) is 12.2. The Hall–Kier alpha value is -3.11. The molecule has 0 bridgehead atoms. The standard InChI is InChI=1S/C23H27N3O6S/c1-31-17-12-16(13-18(14-17)32-2)24-23(28)21-6-4-10-26(21)33(29,30)19-8-9-20-15(11-19)5-3-7-22(27)25-20/h8-9,11-14,21H,3-7,10H2,1-2H3,(H,24,28)(H,25,27)/t21-/m0/s1. The SMILES string of the molecule is COc1cc(NC(=O)[C@@H]2CCCN2S(=O)(=O)c2ccc3c(c2)CCCC(=O)N3)cc(OC)c1. The van der Waals surface area contributed by atoms with E-state index < -0.39 is 22.0 Å². The lowest BCUT2D eigenvalue weighted by Crippen LogP contribution is -2.43. The van der Waals surface area contributed by atoms with E-state index in [2.05, 4.69) is 10.6 Å². The van der Waals surface area contributed by atoms with E-state index in [0.717, 1.165) is 5.56 Å². The van der Waals surface area contributed by atoms with Crippen LogP contribution in [-0.4, -0.2) is 51.3 Å². The molecule has 33 heavy (non-hydrogen) atoms. The number of hydrogen-bond acceptors (Lipinski definition) is 6. The number of aryl methyl sites for hydroxylation is 1. The summed E-state index contributed by atoms with van der Waals surface area (Å²) in [6, 6.07) is 8.87. The smallest absolute Gasteiger partial charge is 0.243 e. The first kappa shape index (κ1) is 23.1. The Morgan fingerprint density at radius 3 is 2.48 bits per heavy atom. The number of nitrogens with one attached hydrogen (secondary N) is 2. The third kappa shape index (κ3) is 4.81. The van der Waals surface area contributed by atoms with Crippen LogP contribution in [0.5, 0.6) is 11.5 Å². The van der Waals surface area contributed by atoms with Gasteiger partial charge in [-0.3, -0.25) is 9.59 Å². The zero-order valence-electron chi connectivity index (χ0n) is 18.6. The summed E-state index contributed by atoms with van der Waals surface area (Å²) in [6.45, 7) is 0.260. The van der Waals surface area contributed by atoms with Gasteiger partial charge in [0, 0.05) is 42.5 Å². The van der Waals surface area contributed by atoms with Gasteiger partial charge in [-0.25, -0.2) is 8.42 Å². The average Bonchev–Trinajstić information content (AvgIpc) is 3.23. The normalized spacial score (nSPS) is 18.7. The van der Waals surface area contributed by atoms with E-state index in [1.165, 1.54) is 24.6 Å². The number of ether oxygens (including phenoxy) is 2. The topological polar surface area (TPSA) is 114 Å². The van der Waals surface area contributed by atoms with Gasteiger partial charge in [0.2, 0.25) is 21.8 Å². The maximum atomic E-state index is 13.5. The molecule has 2 aromatic carbocycles. The van der Waals surface area contributed by atoms with E-state index in [-0.39, 0.29) is 17.3 Å². The van der Waals surface area contributed by atoms with Crippen LogP contribution in [0.4, 0.5) is 11.4 Å². The van der Waals surface area contributed by atoms with Crippen LogP contribution in [0.2, 0.25) is 0 Å². The van der Waals surface area contributed by atoms with Gasteiger partial charge in [-0.1, -0.05) is 0 Å². The number of methoxy groups -OCH3 is 2. The summed E-state index contributed by atoms with van der Waals surface area (Å²) in [7, 11) is -0.876. The average molecular weight is 474 g/mol. The molecule has 0 spiro atoms. The van der Waals surface area contributed by atoms with Gasteiger partial charge in [0.25, 0.3) is 0 Å². The van der Waals surface area contributed by atoms with Crippen LogP contribution in [0.15, 0.2) is 41.3 Å². The molecule has 1 saturated heterocycles. The molecule has 2 aromatic rings. The Bertz CT molecular complexity index is 1160. The van der Waals surface area contributed by atoms with Gasteiger partial charge in [-0.2, -0.15) is 4.31 Å². The highest BCUT2D eigenvalue weighted by Crippen LogP contribution is 2.32. The molecule has 9 nitrogen and oxygen atoms in total. The third-order valence-electron chi connectivity index (χ3n) is 5.93. The number of rotatable bonds is 6. The number of carbonyl (C=O) groups is 2. The predicted molar refractivity (Wildman–Crippen MR) is 123 cm³/mol. The van der Waals surface area contributed by atoms with Gasteiger partial charge >= 0.3 is 0 Å². The number of carbonyl (C=O) groups excluding carboxylic acids is 2. The highest BCUT2D eigenvalue weighted by Gasteiger charge is 2.39. The number of anilines is 2. The lowest BCUT2D eigenvalue weighted by molar-refractivity contribution is -0.119. The minimum Gasteiger partial charge on any atom is -0.497 e. The maximum Gasteiger partial charge on any atom is 0.243 e. The highest BCUT2D eigenvalue weighted by atomic mass is 32.2. The number of benzene rings is 2. The summed E-state index contributed by atoms with van der Waals surface area (Å²) in [5, 5.41) is 5.61. The second kappa shape index (κ2) is 9.40. The van der Waals surface area contributed by atoms with Crippen molar-refractivity contribution in [2.45, 2.75) is 43.0 Å². The molecule has 0 aliphatic carbocycles. The van der Waals surface area contributed by atoms with Gasteiger partial charge in [0.15, 0.2) is 0 Å². The maximum absolute atomic E-state index is 13.5. The van der Waals surface area contributed by atoms with Crippen molar-refractivity contribution in [1.82, 2.24) is 4.31 Å². The molecule has 176 valence electrons. The van der Waals surface area contributed by atoms with Crippen molar-refractivity contribution >= 4 is 33.2 Å². The summed E-state index contributed by atoms with van der Waals surface area (Å²) >= 11 is 0. The molecule has 2 N–H and O–H groups in total. The molecule has 1 atom stereocenters. The lowest BCUT2D eigenvalue weighted by atomic mass is 10.1. The van der Waals surface area contributed by atoms with Crippen molar-refractivity contribution in [2.75, 3.05) is 31.4 Å². The van der Waals surface area contributed by atoms with E-state index >= 15 is 0 Å². The molecule has 0 unspecified atom stereocenters. The molecule has 4 rings (SSSR count). The predicted octanol–water partition coefficient (Wildman–Crippen LogP) is 2.77. The highest BCUT2D eigenvalue weighted by molar-refractivity contribution is 7.89. The van der Waals surface area contributed by atoms with Crippen LogP contribution in [0.3, 0.4) is 0 Å². The molecular weight excluding hydrogens is 446 g/mol. The summed E-state index contributed by atoms with van der Waals surface area (Å²) in [5.41, 5.74) is 1.88. The minimum absolute atomic E-state index is 0.0743. The fourth-order valence-corrected chi connectivity index (χ4v) is 5.95. The van der Waals surface area contributed by atoms with Crippen LogP contribution in [0.25, 0.3) is 0 Å². The van der Waals surface area contributed by atoms with Crippen LogP contribution < -0.4 is 20.1 Å². The van der Waals surface area contributed by atoms with E-state index in [1.807, 2.05) is 0 Å². The zero-order chi connectivity index (χ0) is 23.6. The van der Waals surface area contributed by atoms with Crippen LogP contribution >= 0.6 is 0 Å². The molecule has 2 aliphatic rings. The van der Waals surface area contributed by atoms with Crippen molar-refractivity contribution in [1.29, 1.82) is 0 Å². The van der Waals surface area contributed by atoms with Gasteiger partial charge < -0.3 is 20.1 Å². The van der Waals surface area contributed by atoms with Crippen LogP contribution in [0.1, 0.15) is 31.2 Å². The molecular formula is C23H27N3O6S. The largest absolute Gasteiger partial charge is 0.497 e. The number of fused-ring (bicyclic) bond motifs is 1. The quantitative estimate of drug-likeness (QED) is 0.667. The van der Waals surface area contributed by atoms with Crippen molar-refractivity contribution in [3.05, 3.63) is 42.0 Å². The fraction of sp³-hybridized carbons (Fsp3) is 0.391. The fourth-order valence-electron chi connectivity index (χ4n) is 4.24. The van der Waals surface area contributed by atoms with Crippen molar-refractivity contribution in [2.24, 2.45) is 0 Å². The van der Waals surface area contributed by atoms with Crippen molar-refractivity contribution in [3.8, 4) is 11.5 Å². The molecule has 2 heterocycles. The molecule has 2 amide bonds. The Morgan fingerprint density at radius 1 is 1.06 bits per heavy atom. The minimum atomic E-state index is -3.90. The van der Waals surface area contributed by atoms with Crippen molar-refractivity contribution in [3.63, 3.8) is 0 Å². The first-order valence-electron chi connectivity index (χ1n) is 10.8. The molecule has 0 saturated carbocycles. The number of sulfonamides is 1. The molecule has 0 aromatic heterocycles. The summed E-state index contributed by atoms with van der Waals surface area (Å²) in [6.07, 6.45) is 2.67. The number of amides is 2. The second-order valence-corrected chi connectivity index (χ2v) is 9.98. The van der Waals surface area contributed by atoms with E-state index in [4.69, 9.17) is 9.47 Å². The van der Waals surface area contributed by atoms with Gasteiger partial charge in [0.05, 0.1) is 19.1 Å². The zero-order valence-corrected chi connectivity index (χ0v) is 19.4. The van der Waals surface area contributed by atoms with Gasteiger partial charge in [-0.05, 0) is 49.4 Å². The number of nitrogens with zero attached hydrogens (tertiary/aromatic N) is 1. The van der Waals surface area contributed by atoms with E-state index in [1.54, 1.807) is 30.3 Å². The molecule has 2 aliphatic heterocycles. The van der Waals surface area contributed by atoms with E-state index in [9.17, 15) is 18.0 Å². The molecule has 1 fully saturated rings. The third-order valence-corrected chi connectivity index (χ3v) is 7.84. The lowest BCUT2D eigenvalue weighted by Gasteiger charge is -2.24. The van der Waals surface area contributed by atoms with Gasteiger partial charge in [-0.15, -0.1) is 0 Å². The Kier molecular flexibility index (Phi) is 6.57. The summed E-state index contributed by atoms with van der Waals surface area (Å²) < 4.78 is 38.6. The Morgan fingerprint density at radius 2 is 1.79 bits per heavy atom. The Labute approximate surface area is 193 Å². The van der Waals surface area contributed by atoms with Crippen molar-refractivity contribution < 1.29 is 27.5 Å². The summed E-state index contributed by atoms with van der Waals surface area (Å²) in [5.74, 6) is 0.540. The van der Waals surface area contributed by atoms with Crippen LogP contribution in [0, 0.1) is 0 Å². The number of hydrogen-bond donors (Lipinski definition) is 2. The first-order chi connectivity index (χ1) is 15.8. The Balaban J connectivity index is 1.57. The molecule has 0 radical (unpaired) electrons. The molecule has 10 heteroatoms. The summed E-state index contributed by atoms with van der Waals surface area (Å²) in [4.78, 5) is 25.0. The van der Waals surface area contributed by atoms with Crippen LogP contribution in [-0.2, 0) is 26.0 Å². The second-order valence-electron chi connectivity index (χ2n) is 8.09. The van der Waals surface area contributed by atoms with Gasteiger partial charge in [0.1, 0.15) is 17.5 Å².